The van der Waals surface area contributed by atoms with E-state index in [1.807, 2.05) is 13.0 Å². The zero-order valence-corrected chi connectivity index (χ0v) is 10.5. The Kier molecular flexibility index (Phi) is 3.51. The van der Waals surface area contributed by atoms with Gasteiger partial charge in [0, 0.05) is 6.07 Å². The molecule has 0 aliphatic rings. The van der Waals surface area contributed by atoms with E-state index in [1.165, 1.54) is 12.1 Å². The molecule has 0 aliphatic heterocycles. The van der Waals surface area contributed by atoms with Crippen molar-refractivity contribution in [2.75, 3.05) is 0 Å². The number of rotatable bonds is 2. The molecule has 0 atom stereocenters. The molecule has 0 saturated heterocycles. The first-order valence-corrected chi connectivity index (χ1v) is 5.71. The van der Waals surface area contributed by atoms with Gasteiger partial charge in [-0.1, -0.05) is 24.3 Å². The molecule has 99 valence electrons. The van der Waals surface area contributed by atoms with Crippen molar-refractivity contribution in [3.8, 4) is 11.5 Å². The van der Waals surface area contributed by atoms with Crippen LogP contribution >= 0.6 is 0 Å². The largest absolute Gasteiger partial charge is 0.456 e. The molecular formula is C15H12F3O. The van der Waals surface area contributed by atoms with Crippen molar-refractivity contribution in [3.63, 3.8) is 0 Å². The summed E-state index contributed by atoms with van der Waals surface area (Å²) in [5.74, 6) is 0.108. The van der Waals surface area contributed by atoms with Crippen molar-refractivity contribution in [2.45, 2.75) is 20.0 Å². The summed E-state index contributed by atoms with van der Waals surface area (Å²) in [6, 6.07) is 11.4. The number of halogens is 3. The molecular weight excluding hydrogens is 253 g/mol. The van der Waals surface area contributed by atoms with Crippen molar-refractivity contribution in [3.05, 3.63) is 59.2 Å². The molecule has 2 aromatic carbocycles. The van der Waals surface area contributed by atoms with Gasteiger partial charge in [-0.25, -0.2) is 0 Å². The zero-order valence-electron chi connectivity index (χ0n) is 10.5. The Morgan fingerprint density at radius 1 is 1.05 bits per heavy atom. The van der Waals surface area contributed by atoms with Crippen LogP contribution in [0.15, 0.2) is 36.4 Å². The van der Waals surface area contributed by atoms with E-state index in [-0.39, 0.29) is 5.75 Å². The smallest absolute Gasteiger partial charge is 0.420 e. The average Bonchev–Trinajstić information content (AvgIpc) is 2.34. The predicted octanol–water partition coefficient (Wildman–Crippen LogP) is 4.91. The first-order chi connectivity index (χ1) is 8.89. The lowest BCUT2D eigenvalue weighted by molar-refractivity contribution is -0.138. The normalized spacial score (nSPS) is 11.4. The van der Waals surface area contributed by atoms with Crippen molar-refractivity contribution >= 4 is 0 Å². The Hall–Kier alpha value is -1.97. The second kappa shape index (κ2) is 4.96. The molecule has 19 heavy (non-hydrogen) atoms. The lowest BCUT2D eigenvalue weighted by Gasteiger charge is -2.15. The Morgan fingerprint density at radius 3 is 2.47 bits per heavy atom. The fourth-order valence-electron chi connectivity index (χ4n) is 1.67. The number of para-hydroxylation sites is 1. The lowest BCUT2D eigenvalue weighted by Crippen LogP contribution is -2.07. The predicted molar refractivity (Wildman–Crippen MR) is 66.3 cm³/mol. The van der Waals surface area contributed by atoms with Crippen molar-refractivity contribution in [1.82, 2.24) is 0 Å². The second-order valence-electron chi connectivity index (χ2n) is 4.21. The summed E-state index contributed by atoms with van der Waals surface area (Å²) in [6.45, 7) is 3.68. The number of benzene rings is 2. The summed E-state index contributed by atoms with van der Waals surface area (Å²) in [4.78, 5) is 0. The van der Waals surface area contributed by atoms with Crippen LogP contribution in [-0.4, -0.2) is 0 Å². The van der Waals surface area contributed by atoms with Crippen molar-refractivity contribution in [2.24, 2.45) is 0 Å². The summed E-state index contributed by atoms with van der Waals surface area (Å²) in [6.07, 6.45) is -4.45. The van der Waals surface area contributed by atoms with E-state index < -0.39 is 11.7 Å². The first-order valence-electron chi connectivity index (χ1n) is 5.71. The topological polar surface area (TPSA) is 9.23 Å². The minimum Gasteiger partial charge on any atom is -0.456 e. The maximum atomic E-state index is 12.8. The van der Waals surface area contributed by atoms with E-state index >= 15 is 0 Å². The third kappa shape index (κ3) is 2.89. The molecule has 0 aromatic heterocycles. The van der Waals surface area contributed by atoms with Crippen LogP contribution in [0.2, 0.25) is 0 Å². The quantitative estimate of drug-likeness (QED) is 0.749. The van der Waals surface area contributed by atoms with Gasteiger partial charge in [0.05, 0.1) is 5.56 Å². The lowest BCUT2D eigenvalue weighted by atomic mass is 10.1. The number of hydrogen-bond donors (Lipinski definition) is 0. The summed E-state index contributed by atoms with van der Waals surface area (Å²) in [7, 11) is 0. The van der Waals surface area contributed by atoms with E-state index in [0.717, 1.165) is 17.2 Å². The highest BCUT2D eigenvalue weighted by molar-refractivity contribution is 5.44. The Labute approximate surface area is 109 Å². The van der Waals surface area contributed by atoms with Crippen LogP contribution < -0.4 is 4.74 Å². The summed E-state index contributed by atoms with van der Waals surface area (Å²) in [5.41, 5.74) is 0.950. The second-order valence-corrected chi connectivity index (χ2v) is 4.21. The monoisotopic (exact) mass is 265 g/mol. The number of alkyl halides is 3. The van der Waals surface area contributed by atoms with Gasteiger partial charge < -0.3 is 4.74 Å². The number of hydrogen-bond acceptors (Lipinski definition) is 1. The van der Waals surface area contributed by atoms with Crippen LogP contribution in [0.3, 0.4) is 0 Å². The van der Waals surface area contributed by atoms with E-state index in [2.05, 4.69) is 6.07 Å². The summed E-state index contributed by atoms with van der Waals surface area (Å²) >= 11 is 0. The summed E-state index contributed by atoms with van der Waals surface area (Å²) in [5, 5.41) is 0. The van der Waals surface area contributed by atoms with Gasteiger partial charge in [-0.2, -0.15) is 13.2 Å². The van der Waals surface area contributed by atoms with Crippen LogP contribution in [-0.2, 0) is 6.18 Å². The van der Waals surface area contributed by atoms with Gasteiger partial charge in [-0.3, -0.25) is 0 Å². The van der Waals surface area contributed by atoms with Crippen LogP contribution in [0, 0.1) is 19.9 Å². The molecule has 1 radical (unpaired) electrons. The molecule has 1 nitrogen and oxygen atoms in total. The third-order valence-corrected chi connectivity index (χ3v) is 2.89. The molecule has 0 saturated carbocycles. The molecule has 2 aromatic rings. The maximum Gasteiger partial charge on any atom is 0.420 e. The fraction of sp³-hybridized carbons (Fsp3) is 0.200. The van der Waals surface area contributed by atoms with Crippen LogP contribution in [0.1, 0.15) is 16.7 Å². The van der Waals surface area contributed by atoms with Crippen molar-refractivity contribution in [1.29, 1.82) is 0 Å². The molecule has 0 N–H and O–H groups in total. The van der Waals surface area contributed by atoms with E-state index in [1.54, 1.807) is 19.1 Å². The molecule has 0 fully saturated rings. The molecule has 2 rings (SSSR count). The SMILES string of the molecule is Cc1cccc(Oc2[c]cccc2C(F)(F)F)c1C. The van der Waals surface area contributed by atoms with Gasteiger partial charge in [0.25, 0.3) is 0 Å². The molecule has 0 spiro atoms. The van der Waals surface area contributed by atoms with Gasteiger partial charge in [0.1, 0.15) is 11.5 Å². The fourth-order valence-corrected chi connectivity index (χ4v) is 1.67. The minimum absolute atomic E-state index is 0.302. The Bertz CT molecular complexity index is 588. The van der Waals surface area contributed by atoms with Gasteiger partial charge >= 0.3 is 6.18 Å². The molecule has 4 heteroatoms. The molecule has 0 aliphatic carbocycles. The Morgan fingerprint density at radius 2 is 1.79 bits per heavy atom. The Balaban J connectivity index is 2.42. The van der Waals surface area contributed by atoms with Crippen LogP contribution in [0.25, 0.3) is 0 Å². The molecule has 0 unspecified atom stereocenters. The van der Waals surface area contributed by atoms with Crippen LogP contribution in [0.4, 0.5) is 13.2 Å². The third-order valence-electron chi connectivity index (χ3n) is 2.89. The molecule has 0 heterocycles. The highest BCUT2D eigenvalue weighted by atomic mass is 19.4. The molecule has 0 bridgehead atoms. The highest BCUT2D eigenvalue weighted by Crippen LogP contribution is 2.38. The van der Waals surface area contributed by atoms with Gasteiger partial charge in [-0.15, -0.1) is 0 Å². The molecule has 0 amide bonds. The summed E-state index contributed by atoms with van der Waals surface area (Å²) < 4.78 is 43.9. The zero-order chi connectivity index (χ0) is 14.0. The minimum atomic E-state index is -4.45. The van der Waals surface area contributed by atoms with Gasteiger partial charge in [0.2, 0.25) is 0 Å². The number of ether oxygens (including phenoxy) is 1. The van der Waals surface area contributed by atoms with E-state index in [4.69, 9.17) is 4.74 Å². The average molecular weight is 265 g/mol. The highest BCUT2D eigenvalue weighted by Gasteiger charge is 2.34. The first kappa shape index (κ1) is 13.5. The van der Waals surface area contributed by atoms with Crippen molar-refractivity contribution < 1.29 is 17.9 Å². The van der Waals surface area contributed by atoms with E-state index in [0.29, 0.717) is 5.75 Å². The standard InChI is InChI=1S/C15H12F3O/c1-10-6-5-9-13(11(10)2)19-14-8-4-3-7-12(14)15(16,17)18/h3-7,9H,1-2H3. The van der Waals surface area contributed by atoms with Gasteiger partial charge in [0.15, 0.2) is 0 Å². The van der Waals surface area contributed by atoms with Gasteiger partial charge in [-0.05, 0) is 37.1 Å². The van der Waals surface area contributed by atoms with Crippen LogP contribution in [0.5, 0.6) is 11.5 Å². The maximum absolute atomic E-state index is 12.8. The van der Waals surface area contributed by atoms with E-state index in [9.17, 15) is 13.2 Å². The number of aryl methyl sites for hydroxylation is 1.